The third-order valence-electron chi connectivity index (χ3n) is 4.93. The third kappa shape index (κ3) is 1.84. The molecule has 2 aliphatic heterocycles. The summed E-state index contributed by atoms with van der Waals surface area (Å²) < 4.78 is 0. The molecular weight excluding hydrogens is 242 g/mol. The van der Waals surface area contributed by atoms with Crippen molar-refractivity contribution < 1.29 is 0 Å². The van der Waals surface area contributed by atoms with Gasteiger partial charge in [-0.25, -0.2) is 0 Å². The lowest BCUT2D eigenvalue weighted by Gasteiger charge is -2.38. The Morgan fingerprint density at radius 2 is 1.80 bits per heavy atom. The molecule has 0 unspecified atom stereocenters. The molecule has 102 valence electrons. The molecule has 0 saturated carbocycles. The molecule has 2 aromatic rings. The maximum absolute atomic E-state index is 2.71. The number of anilines is 1. The van der Waals surface area contributed by atoms with Gasteiger partial charge < -0.3 is 4.90 Å². The fraction of sp³-hybridized carbons (Fsp3) is 0.368. The molecule has 0 fully saturated rings. The molecule has 2 aliphatic rings. The van der Waals surface area contributed by atoms with Gasteiger partial charge in [0.15, 0.2) is 0 Å². The van der Waals surface area contributed by atoms with E-state index in [1.807, 2.05) is 0 Å². The molecule has 1 heteroatoms. The van der Waals surface area contributed by atoms with Crippen molar-refractivity contribution >= 4 is 5.69 Å². The predicted molar refractivity (Wildman–Crippen MR) is 84.3 cm³/mol. The van der Waals surface area contributed by atoms with E-state index >= 15 is 0 Å². The second-order valence-corrected chi connectivity index (χ2v) is 6.27. The van der Waals surface area contributed by atoms with Crippen molar-refractivity contribution in [3.8, 4) is 0 Å². The topological polar surface area (TPSA) is 3.24 Å². The summed E-state index contributed by atoms with van der Waals surface area (Å²) in [5, 5.41) is 0. The van der Waals surface area contributed by atoms with Crippen LogP contribution in [0.2, 0.25) is 0 Å². The molecule has 0 N–H and O–H groups in total. The summed E-state index contributed by atoms with van der Waals surface area (Å²) in [7, 11) is 0. The van der Waals surface area contributed by atoms with Crippen LogP contribution < -0.4 is 4.90 Å². The van der Waals surface area contributed by atoms with Gasteiger partial charge in [0.05, 0.1) is 0 Å². The summed E-state index contributed by atoms with van der Waals surface area (Å²) in [5.41, 5.74) is 6.16. The molecular formula is C19H21N. The molecule has 0 amide bonds. The van der Waals surface area contributed by atoms with Crippen LogP contribution in [0.1, 0.15) is 30.0 Å². The van der Waals surface area contributed by atoms with Crippen LogP contribution in [0.3, 0.4) is 0 Å². The minimum atomic E-state index is 0.642. The molecule has 20 heavy (non-hydrogen) atoms. The van der Waals surface area contributed by atoms with Crippen molar-refractivity contribution in [1.29, 1.82) is 0 Å². The monoisotopic (exact) mass is 263 g/mol. The minimum Gasteiger partial charge on any atom is -0.365 e. The van der Waals surface area contributed by atoms with E-state index in [1.165, 1.54) is 31.2 Å². The highest BCUT2D eigenvalue weighted by molar-refractivity contribution is 5.67. The molecule has 2 atom stereocenters. The molecule has 2 heterocycles. The van der Waals surface area contributed by atoms with Crippen molar-refractivity contribution in [3.05, 3.63) is 65.2 Å². The van der Waals surface area contributed by atoms with Gasteiger partial charge in [-0.2, -0.15) is 0 Å². The Hall–Kier alpha value is -1.76. The second-order valence-electron chi connectivity index (χ2n) is 6.27. The molecule has 2 aromatic carbocycles. The molecule has 0 spiro atoms. The van der Waals surface area contributed by atoms with Crippen LogP contribution in [0.15, 0.2) is 48.5 Å². The summed E-state index contributed by atoms with van der Waals surface area (Å²) in [6.45, 7) is 2.39. The van der Waals surface area contributed by atoms with Gasteiger partial charge in [-0.3, -0.25) is 0 Å². The van der Waals surface area contributed by atoms with Gasteiger partial charge in [0.2, 0.25) is 0 Å². The van der Waals surface area contributed by atoms with Crippen molar-refractivity contribution in [2.45, 2.75) is 44.7 Å². The standard InChI is InChI=1S/C19H21N/c1-14-10-11-16-8-5-9-17-13-18(20(14)19(16)17)12-15-6-3-2-4-7-15/h2-9,14,18H,10-13H2,1H3/t14-,18-/m1/s1. The van der Waals surface area contributed by atoms with Crippen LogP contribution in [0.4, 0.5) is 5.69 Å². The van der Waals surface area contributed by atoms with Crippen LogP contribution in [0.5, 0.6) is 0 Å². The minimum absolute atomic E-state index is 0.642. The lowest BCUT2D eigenvalue weighted by molar-refractivity contribution is 0.503. The summed E-state index contributed by atoms with van der Waals surface area (Å²) in [4.78, 5) is 2.71. The normalized spacial score (nSPS) is 23.8. The number of hydrogen-bond donors (Lipinski definition) is 0. The first-order chi connectivity index (χ1) is 9.83. The van der Waals surface area contributed by atoms with Gasteiger partial charge in [0, 0.05) is 17.8 Å². The summed E-state index contributed by atoms with van der Waals surface area (Å²) in [6, 6.07) is 19.2. The van der Waals surface area contributed by atoms with E-state index in [1.54, 1.807) is 16.8 Å². The number of benzene rings is 2. The highest BCUT2D eigenvalue weighted by atomic mass is 15.2. The average Bonchev–Trinajstić information content (AvgIpc) is 2.84. The Kier molecular flexibility index (Phi) is 2.80. The highest BCUT2D eigenvalue weighted by Crippen LogP contribution is 2.42. The van der Waals surface area contributed by atoms with Crippen LogP contribution in [-0.2, 0) is 19.3 Å². The Morgan fingerprint density at radius 3 is 2.65 bits per heavy atom. The number of aryl methyl sites for hydroxylation is 1. The first kappa shape index (κ1) is 12.0. The molecule has 4 rings (SSSR count). The number of nitrogens with zero attached hydrogens (tertiary/aromatic N) is 1. The quantitative estimate of drug-likeness (QED) is 0.791. The van der Waals surface area contributed by atoms with Gasteiger partial charge in [-0.05, 0) is 49.3 Å². The number of rotatable bonds is 2. The summed E-state index contributed by atoms with van der Waals surface area (Å²) >= 11 is 0. The number of hydrogen-bond acceptors (Lipinski definition) is 1. The summed E-state index contributed by atoms with van der Waals surface area (Å²) in [5.74, 6) is 0. The fourth-order valence-electron chi connectivity index (χ4n) is 4.02. The van der Waals surface area contributed by atoms with Crippen molar-refractivity contribution in [1.82, 2.24) is 0 Å². The van der Waals surface area contributed by atoms with Gasteiger partial charge in [-0.15, -0.1) is 0 Å². The van der Waals surface area contributed by atoms with Gasteiger partial charge in [0.25, 0.3) is 0 Å². The number of para-hydroxylation sites is 1. The Labute approximate surface area is 121 Å². The van der Waals surface area contributed by atoms with Crippen LogP contribution in [-0.4, -0.2) is 12.1 Å². The highest BCUT2D eigenvalue weighted by Gasteiger charge is 2.36. The van der Waals surface area contributed by atoms with E-state index in [9.17, 15) is 0 Å². The predicted octanol–water partition coefficient (Wildman–Crippen LogP) is 4.00. The Bertz CT molecular complexity index is 617. The SMILES string of the molecule is C[C@@H]1CCc2cccc3c2N1[C@H](Cc1ccccc1)C3. The van der Waals surface area contributed by atoms with Crippen LogP contribution in [0, 0.1) is 0 Å². The van der Waals surface area contributed by atoms with E-state index in [2.05, 4.69) is 60.4 Å². The van der Waals surface area contributed by atoms with E-state index in [0.717, 1.165) is 0 Å². The molecule has 0 aliphatic carbocycles. The molecule has 0 radical (unpaired) electrons. The van der Waals surface area contributed by atoms with Gasteiger partial charge in [0.1, 0.15) is 0 Å². The zero-order valence-electron chi connectivity index (χ0n) is 12.0. The zero-order chi connectivity index (χ0) is 13.5. The third-order valence-corrected chi connectivity index (χ3v) is 4.93. The maximum Gasteiger partial charge on any atom is 0.0437 e. The van der Waals surface area contributed by atoms with Crippen LogP contribution >= 0.6 is 0 Å². The van der Waals surface area contributed by atoms with Gasteiger partial charge in [-0.1, -0.05) is 48.5 Å². The Morgan fingerprint density at radius 1 is 1.00 bits per heavy atom. The summed E-state index contributed by atoms with van der Waals surface area (Å²) in [6.07, 6.45) is 4.92. The fourth-order valence-corrected chi connectivity index (χ4v) is 4.02. The van der Waals surface area contributed by atoms with E-state index < -0.39 is 0 Å². The van der Waals surface area contributed by atoms with Crippen molar-refractivity contribution in [3.63, 3.8) is 0 Å². The van der Waals surface area contributed by atoms with E-state index in [4.69, 9.17) is 0 Å². The van der Waals surface area contributed by atoms with Crippen molar-refractivity contribution in [2.24, 2.45) is 0 Å². The van der Waals surface area contributed by atoms with E-state index in [0.29, 0.717) is 12.1 Å². The molecule has 1 nitrogen and oxygen atoms in total. The largest absolute Gasteiger partial charge is 0.365 e. The lowest BCUT2D eigenvalue weighted by Crippen LogP contribution is -2.43. The lowest BCUT2D eigenvalue weighted by atomic mass is 9.96. The maximum atomic E-state index is 2.71. The van der Waals surface area contributed by atoms with Crippen LogP contribution in [0.25, 0.3) is 0 Å². The second kappa shape index (κ2) is 4.66. The smallest absolute Gasteiger partial charge is 0.0437 e. The molecule has 0 saturated heterocycles. The molecule has 0 aromatic heterocycles. The van der Waals surface area contributed by atoms with Gasteiger partial charge >= 0.3 is 0 Å². The zero-order valence-corrected chi connectivity index (χ0v) is 12.0. The first-order valence-corrected chi connectivity index (χ1v) is 7.76. The average molecular weight is 263 g/mol. The Balaban J connectivity index is 1.69. The first-order valence-electron chi connectivity index (χ1n) is 7.76. The molecule has 0 bridgehead atoms. The van der Waals surface area contributed by atoms with E-state index in [-0.39, 0.29) is 0 Å². The van der Waals surface area contributed by atoms with Crippen molar-refractivity contribution in [2.75, 3.05) is 4.90 Å².